The number of nitrogens with one attached hydrogen (secondary N) is 1. The van der Waals surface area contributed by atoms with Crippen molar-refractivity contribution in [2.45, 2.75) is 6.42 Å². The molecular formula is C17H13FN2O. The zero-order chi connectivity index (χ0) is 14.7. The molecule has 0 spiro atoms. The first-order chi connectivity index (χ1) is 10.2. The van der Waals surface area contributed by atoms with Gasteiger partial charge in [-0.05, 0) is 28.5 Å². The Balaban J connectivity index is 1.80. The summed E-state index contributed by atoms with van der Waals surface area (Å²) in [5.74, 6) is -0.609. The van der Waals surface area contributed by atoms with Crippen molar-refractivity contribution in [3.05, 3.63) is 72.2 Å². The van der Waals surface area contributed by atoms with Gasteiger partial charge in [0.15, 0.2) is 0 Å². The van der Waals surface area contributed by atoms with E-state index in [9.17, 15) is 9.18 Å². The molecule has 0 aliphatic rings. The molecule has 4 heteroatoms. The molecule has 0 aliphatic heterocycles. The molecule has 0 saturated heterocycles. The van der Waals surface area contributed by atoms with E-state index in [-0.39, 0.29) is 18.1 Å². The van der Waals surface area contributed by atoms with Gasteiger partial charge >= 0.3 is 0 Å². The van der Waals surface area contributed by atoms with Crippen LogP contribution in [0.3, 0.4) is 0 Å². The first-order valence-electron chi connectivity index (χ1n) is 6.61. The van der Waals surface area contributed by atoms with Crippen LogP contribution in [-0.2, 0) is 11.2 Å². The second-order valence-electron chi connectivity index (χ2n) is 4.71. The van der Waals surface area contributed by atoms with Crippen molar-refractivity contribution in [2.75, 3.05) is 5.32 Å². The minimum absolute atomic E-state index is 0.218. The Hall–Kier alpha value is -2.75. The van der Waals surface area contributed by atoms with Gasteiger partial charge in [0.25, 0.3) is 0 Å². The van der Waals surface area contributed by atoms with Crippen LogP contribution >= 0.6 is 0 Å². The van der Waals surface area contributed by atoms with Gasteiger partial charge in [0.05, 0.1) is 6.42 Å². The lowest BCUT2D eigenvalue weighted by Gasteiger charge is -2.07. The van der Waals surface area contributed by atoms with E-state index in [1.807, 2.05) is 42.5 Å². The molecule has 21 heavy (non-hydrogen) atoms. The van der Waals surface area contributed by atoms with Crippen LogP contribution in [0, 0.1) is 5.95 Å². The van der Waals surface area contributed by atoms with Crippen molar-refractivity contribution in [1.29, 1.82) is 0 Å². The molecule has 0 unspecified atom stereocenters. The molecule has 0 radical (unpaired) electrons. The number of hydrogen-bond donors (Lipinski definition) is 1. The lowest BCUT2D eigenvalue weighted by Crippen LogP contribution is -2.15. The molecular weight excluding hydrogens is 267 g/mol. The van der Waals surface area contributed by atoms with Gasteiger partial charge in [-0.25, -0.2) is 4.98 Å². The predicted octanol–water partition coefficient (Wildman–Crippen LogP) is 3.56. The van der Waals surface area contributed by atoms with Crippen molar-refractivity contribution in [3.63, 3.8) is 0 Å². The van der Waals surface area contributed by atoms with Gasteiger partial charge in [0.1, 0.15) is 5.82 Å². The highest BCUT2D eigenvalue weighted by molar-refractivity contribution is 5.95. The largest absolute Gasteiger partial charge is 0.310 e. The summed E-state index contributed by atoms with van der Waals surface area (Å²) in [7, 11) is 0. The molecule has 0 aliphatic carbocycles. The summed E-state index contributed by atoms with van der Waals surface area (Å²) in [4.78, 5) is 15.7. The van der Waals surface area contributed by atoms with Crippen molar-refractivity contribution in [3.8, 4) is 0 Å². The van der Waals surface area contributed by atoms with Crippen LogP contribution in [-0.4, -0.2) is 10.9 Å². The predicted molar refractivity (Wildman–Crippen MR) is 80.5 cm³/mol. The third-order valence-corrected chi connectivity index (χ3v) is 3.21. The second kappa shape index (κ2) is 5.71. The van der Waals surface area contributed by atoms with Crippen molar-refractivity contribution in [2.24, 2.45) is 0 Å². The van der Waals surface area contributed by atoms with Crippen LogP contribution < -0.4 is 5.32 Å². The maximum Gasteiger partial charge on any atom is 0.229 e. The number of aromatic nitrogens is 1. The van der Waals surface area contributed by atoms with Crippen LogP contribution in [0.4, 0.5) is 10.2 Å². The van der Waals surface area contributed by atoms with Crippen molar-refractivity contribution < 1.29 is 9.18 Å². The summed E-state index contributed by atoms with van der Waals surface area (Å²) in [5.41, 5.74) is 0.932. The normalized spacial score (nSPS) is 10.5. The van der Waals surface area contributed by atoms with Crippen molar-refractivity contribution >= 4 is 22.5 Å². The van der Waals surface area contributed by atoms with E-state index < -0.39 is 5.95 Å². The van der Waals surface area contributed by atoms with Crippen LogP contribution in [0.25, 0.3) is 10.8 Å². The molecule has 3 nitrogen and oxygen atoms in total. The van der Waals surface area contributed by atoms with Crippen molar-refractivity contribution in [1.82, 2.24) is 4.98 Å². The SMILES string of the molecule is O=C(Cc1cccc2ccccc12)Nc1cccc(F)n1. The molecule has 0 saturated carbocycles. The molecule has 0 bridgehead atoms. The lowest BCUT2D eigenvalue weighted by molar-refractivity contribution is -0.115. The summed E-state index contributed by atoms with van der Waals surface area (Å²) in [6.07, 6.45) is 0.222. The minimum atomic E-state index is -0.613. The van der Waals surface area contributed by atoms with Gasteiger partial charge in [0.2, 0.25) is 11.9 Å². The summed E-state index contributed by atoms with van der Waals surface area (Å²) in [5, 5.41) is 4.74. The van der Waals surface area contributed by atoms with E-state index in [1.165, 1.54) is 12.1 Å². The molecule has 3 aromatic rings. The molecule has 104 valence electrons. The number of pyridine rings is 1. The Morgan fingerprint density at radius 3 is 2.62 bits per heavy atom. The van der Waals surface area contributed by atoms with Gasteiger partial charge in [-0.1, -0.05) is 48.5 Å². The highest BCUT2D eigenvalue weighted by Crippen LogP contribution is 2.19. The van der Waals surface area contributed by atoms with E-state index in [0.717, 1.165) is 16.3 Å². The first-order valence-corrected chi connectivity index (χ1v) is 6.61. The fraction of sp³-hybridized carbons (Fsp3) is 0.0588. The zero-order valence-corrected chi connectivity index (χ0v) is 11.2. The standard InChI is InChI=1S/C17H13FN2O/c18-15-9-4-10-16(19-15)20-17(21)11-13-7-3-6-12-5-1-2-8-14(12)13/h1-10H,11H2,(H,19,20,21). The molecule has 0 atom stereocenters. The summed E-state index contributed by atoms with van der Waals surface area (Å²) in [6.45, 7) is 0. The van der Waals surface area contributed by atoms with E-state index in [1.54, 1.807) is 6.07 Å². The van der Waals surface area contributed by atoms with Gasteiger partial charge in [0, 0.05) is 0 Å². The Bertz CT molecular complexity index is 796. The highest BCUT2D eigenvalue weighted by Gasteiger charge is 2.08. The van der Waals surface area contributed by atoms with E-state index in [4.69, 9.17) is 0 Å². The van der Waals surface area contributed by atoms with E-state index >= 15 is 0 Å². The van der Waals surface area contributed by atoms with Crippen LogP contribution in [0.1, 0.15) is 5.56 Å². The molecule has 1 aromatic heterocycles. The lowest BCUT2D eigenvalue weighted by atomic mass is 10.0. The smallest absolute Gasteiger partial charge is 0.229 e. The number of amides is 1. The summed E-state index contributed by atoms with van der Waals surface area (Å²) < 4.78 is 13.0. The molecule has 3 rings (SSSR count). The number of benzene rings is 2. The average molecular weight is 280 g/mol. The fourth-order valence-electron chi connectivity index (χ4n) is 2.28. The molecule has 1 N–H and O–H groups in total. The molecule has 1 heterocycles. The molecule has 1 amide bonds. The maximum atomic E-state index is 13.0. The van der Waals surface area contributed by atoms with Gasteiger partial charge in [-0.3, -0.25) is 4.79 Å². The first kappa shape index (κ1) is 13.2. The minimum Gasteiger partial charge on any atom is -0.310 e. The van der Waals surface area contributed by atoms with Crippen LogP contribution in [0.2, 0.25) is 0 Å². The Morgan fingerprint density at radius 1 is 1.00 bits per heavy atom. The number of carbonyl (C=O) groups excluding carboxylic acids is 1. The number of hydrogen-bond acceptors (Lipinski definition) is 2. The highest BCUT2D eigenvalue weighted by atomic mass is 19.1. The molecule has 2 aromatic carbocycles. The second-order valence-corrected chi connectivity index (χ2v) is 4.71. The van der Waals surface area contributed by atoms with Gasteiger partial charge < -0.3 is 5.32 Å². The fourth-order valence-corrected chi connectivity index (χ4v) is 2.28. The Labute approximate surface area is 121 Å². The summed E-state index contributed by atoms with van der Waals surface area (Å²) in [6, 6.07) is 18.0. The number of rotatable bonds is 3. The van der Waals surface area contributed by atoms with E-state index in [0.29, 0.717) is 0 Å². The topological polar surface area (TPSA) is 42.0 Å². The number of carbonyl (C=O) groups is 1. The number of anilines is 1. The van der Waals surface area contributed by atoms with Gasteiger partial charge in [-0.2, -0.15) is 4.39 Å². The third kappa shape index (κ3) is 3.05. The Kier molecular flexibility index (Phi) is 3.60. The van der Waals surface area contributed by atoms with Crippen LogP contribution in [0.15, 0.2) is 60.7 Å². The third-order valence-electron chi connectivity index (χ3n) is 3.21. The van der Waals surface area contributed by atoms with E-state index in [2.05, 4.69) is 10.3 Å². The zero-order valence-electron chi connectivity index (χ0n) is 11.2. The monoisotopic (exact) mass is 280 g/mol. The molecule has 0 fully saturated rings. The summed E-state index contributed by atoms with van der Waals surface area (Å²) >= 11 is 0. The van der Waals surface area contributed by atoms with Crippen LogP contribution in [0.5, 0.6) is 0 Å². The quantitative estimate of drug-likeness (QED) is 0.745. The average Bonchev–Trinajstić information content (AvgIpc) is 2.47. The number of nitrogens with zero attached hydrogens (tertiary/aromatic N) is 1. The number of fused-ring (bicyclic) bond motifs is 1. The number of halogens is 1. The van der Waals surface area contributed by atoms with Gasteiger partial charge in [-0.15, -0.1) is 0 Å². The Morgan fingerprint density at radius 2 is 1.76 bits per heavy atom. The maximum absolute atomic E-state index is 13.0.